The van der Waals surface area contributed by atoms with Crippen LogP contribution in [0.1, 0.15) is 36.6 Å². The molecule has 0 bridgehead atoms. The number of hydrogen-bond donors (Lipinski definition) is 1. The highest BCUT2D eigenvalue weighted by Crippen LogP contribution is 2.31. The zero-order valence-corrected chi connectivity index (χ0v) is 15.0. The molecule has 0 aliphatic heterocycles. The second-order valence-corrected chi connectivity index (χ2v) is 6.65. The fourth-order valence-electron chi connectivity index (χ4n) is 3.47. The van der Waals surface area contributed by atoms with Crippen LogP contribution in [0, 0.1) is 0 Å². The number of pyridine rings is 1. The van der Waals surface area contributed by atoms with Crippen LogP contribution in [-0.2, 0) is 33.6 Å². The van der Waals surface area contributed by atoms with E-state index in [2.05, 4.69) is 10.3 Å². The Morgan fingerprint density at radius 3 is 2.42 bits per heavy atom. The summed E-state index contributed by atoms with van der Waals surface area (Å²) in [6, 6.07) is 13.7. The monoisotopic (exact) mass is 352 g/mol. The van der Waals surface area contributed by atoms with Gasteiger partial charge < -0.3 is 10.1 Å². The smallest absolute Gasteiger partial charge is 0.332 e. The summed E-state index contributed by atoms with van der Waals surface area (Å²) in [5.74, 6) is -0.476. The first-order chi connectivity index (χ1) is 12.6. The molecule has 0 saturated heterocycles. The van der Waals surface area contributed by atoms with Gasteiger partial charge in [0.2, 0.25) is 5.91 Å². The predicted octanol–water partition coefficient (Wildman–Crippen LogP) is 2.62. The minimum absolute atomic E-state index is 0.123. The molecular weight excluding hydrogens is 328 g/mol. The van der Waals surface area contributed by atoms with E-state index in [4.69, 9.17) is 4.74 Å². The fraction of sp³-hybridized carbons (Fsp3) is 0.381. The molecule has 0 atom stereocenters. The van der Waals surface area contributed by atoms with Gasteiger partial charge in [-0.1, -0.05) is 30.3 Å². The Hall–Kier alpha value is -2.69. The van der Waals surface area contributed by atoms with Crippen molar-refractivity contribution in [1.29, 1.82) is 0 Å². The first-order valence-corrected chi connectivity index (χ1v) is 9.08. The van der Waals surface area contributed by atoms with Crippen molar-refractivity contribution < 1.29 is 14.3 Å². The molecule has 1 aliphatic carbocycles. The van der Waals surface area contributed by atoms with Crippen molar-refractivity contribution in [3.63, 3.8) is 0 Å². The lowest BCUT2D eigenvalue weighted by Gasteiger charge is -2.28. The van der Waals surface area contributed by atoms with E-state index < -0.39 is 5.54 Å². The van der Waals surface area contributed by atoms with Gasteiger partial charge in [-0.3, -0.25) is 9.78 Å². The van der Waals surface area contributed by atoms with Crippen LogP contribution in [-0.4, -0.2) is 29.0 Å². The molecule has 1 aromatic heterocycles. The lowest BCUT2D eigenvalue weighted by atomic mass is 9.95. The van der Waals surface area contributed by atoms with Crippen LogP contribution >= 0.6 is 0 Å². The highest BCUT2D eigenvalue weighted by atomic mass is 16.5. The Bertz CT molecular complexity index is 749. The number of carbonyl (C=O) groups is 2. The maximum absolute atomic E-state index is 12.6. The third-order valence-corrected chi connectivity index (χ3v) is 4.71. The molecule has 1 amide bonds. The van der Waals surface area contributed by atoms with Crippen molar-refractivity contribution in [3.8, 4) is 0 Å². The van der Waals surface area contributed by atoms with Gasteiger partial charge in [0.1, 0.15) is 5.54 Å². The molecule has 1 aromatic carbocycles. The van der Waals surface area contributed by atoms with E-state index >= 15 is 0 Å². The number of amides is 1. The molecule has 136 valence electrons. The van der Waals surface area contributed by atoms with E-state index in [-0.39, 0.29) is 11.9 Å². The molecule has 1 heterocycles. The predicted molar refractivity (Wildman–Crippen MR) is 98.5 cm³/mol. The zero-order chi connectivity index (χ0) is 18.4. The maximum atomic E-state index is 12.6. The van der Waals surface area contributed by atoms with Crippen LogP contribution in [0.25, 0.3) is 0 Å². The molecule has 26 heavy (non-hydrogen) atoms. The summed E-state index contributed by atoms with van der Waals surface area (Å²) in [6.07, 6.45) is 4.49. The van der Waals surface area contributed by atoms with Crippen molar-refractivity contribution >= 4 is 11.9 Å². The number of aromatic nitrogens is 1. The summed E-state index contributed by atoms with van der Waals surface area (Å²) in [6.45, 7) is 2.08. The number of nitrogens with zero attached hydrogens (tertiary/aromatic N) is 1. The van der Waals surface area contributed by atoms with Crippen LogP contribution < -0.4 is 5.32 Å². The third kappa shape index (κ3) is 4.10. The largest absolute Gasteiger partial charge is 0.464 e. The number of esters is 1. The quantitative estimate of drug-likeness (QED) is 0.778. The minimum Gasteiger partial charge on any atom is -0.464 e. The first kappa shape index (κ1) is 18.1. The van der Waals surface area contributed by atoms with Crippen molar-refractivity contribution in [3.05, 3.63) is 65.5 Å². The van der Waals surface area contributed by atoms with Gasteiger partial charge in [-0.05, 0) is 43.0 Å². The number of hydrogen-bond acceptors (Lipinski definition) is 4. The number of rotatable bonds is 7. The second kappa shape index (κ2) is 8.13. The Morgan fingerprint density at radius 2 is 1.81 bits per heavy atom. The van der Waals surface area contributed by atoms with Crippen LogP contribution in [0.4, 0.5) is 0 Å². The highest BCUT2D eigenvalue weighted by molar-refractivity contribution is 5.89. The Morgan fingerprint density at radius 1 is 1.12 bits per heavy atom. The van der Waals surface area contributed by atoms with Crippen molar-refractivity contribution in [2.75, 3.05) is 6.61 Å². The van der Waals surface area contributed by atoms with E-state index in [1.807, 2.05) is 42.5 Å². The van der Waals surface area contributed by atoms with E-state index in [1.165, 1.54) is 0 Å². The molecule has 2 aromatic rings. The molecule has 0 radical (unpaired) electrons. The van der Waals surface area contributed by atoms with Crippen molar-refractivity contribution in [1.82, 2.24) is 10.3 Å². The van der Waals surface area contributed by atoms with Gasteiger partial charge in [-0.2, -0.15) is 0 Å². The molecule has 5 heteroatoms. The Kier molecular flexibility index (Phi) is 5.66. The van der Waals surface area contributed by atoms with Crippen molar-refractivity contribution in [2.45, 2.75) is 44.6 Å². The standard InChI is InChI=1S/C21H24N2O3/c1-2-26-20(25)21(14-16-8-3-4-9-17(16)15-21)23-19(24)12-7-11-18-10-5-6-13-22-18/h3-6,8-10,13H,2,7,11-12,14-15H2,1H3,(H,23,24). The lowest BCUT2D eigenvalue weighted by Crippen LogP contribution is -2.56. The number of aryl methyl sites for hydroxylation is 1. The van der Waals surface area contributed by atoms with Crippen LogP contribution in [0.2, 0.25) is 0 Å². The summed E-state index contributed by atoms with van der Waals surface area (Å²) in [5, 5.41) is 2.98. The molecule has 0 unspecified atom stereocenters. The normalized spacial score (nSPS) is 14.5. The molecule has 0 spiro atoms. The SMILES string of the molecule is CCOC(=O)C1(NC(=O)CCCc2ccccn2)Cc2ccccc2C1. The summed E-state index contributed by atoms with van der Waals surface area (Å²) in [5.41, 5.74) is 2.17. The number of ether oxygens (including phenoxy) is 1. The average Bonchev–Trinajstić information content (AvgIpc) is 3.02. The lowest BCUT2D eigenvalue weighted by molar-refractivity contribution is -0.153. The summed E-state index contributed by atoms with van der Waals surface area (Å²) in [7, 11) is 0. The summed E-state index contributed by atoms with van der Waals surface area (Å²) in [4.78, 5) is 29.4. The van der Waals surface area contributed by atoms with E-state index in [0.717, 1.165) is 23.2 Å². The van der Waals surface area contributed by atoms with E-state index in [9.17, 15) is 9.59 Å². The molecule has 0 saturated carbocycles. The summed E-state index contributed by atoms with van der Waals surface area (Å²) >= 11 is 0. The third-order valence-electron chi connectivity index (χ3n) is 4.71. The number of fused-ring (bicyclic) bond motifs is 1. The number of benzene rings is 1. The second-order valence-electron chi connectivity index (χ2n) is 6.65. The molecule has 1 N–H and O–H groups in total. The van der Waals surface area contributed by atoms with Gasteiger partial charge in [0.15, 0.2) is 0 Å². The molecule has 3 rings (SSSR count). The van der Waals surface area contributed by atoms with Gasteiger partial charge in [0, 0.05) is 31.2 Å². The van der Waals surface area contributed by atoms with Gasteiger partial charge in [0.05, 0.1) is 6.61 Å². The summed E-state index contributed by atoms with van der Waals surface area (Å²) < 4.78 is 5.27. The van der Waals surface area contributed by atoms with Crippen molar-refractivity contribution in [2.24, 2.45) is 0 Å². The first-order valence-electron chi connectivity index (χ1n) is 9.08. The molecule has 0 fully saturated rings. The van der Waals surface area contributed by atoms with Crippen LogP contribution in [0.3, 0.4) is 0 Å². The molecule has 5 nitrogen and oxygen atoms in total. The fourth-order valence-corrected chi connectivity index (χ4v) is 3.47. The molecular formula is C21H24N2O3. The number of nitrogens with one attached hydrogen (secondary N) is 1. The minimum atomic E-state index is -0.984. The van der Waals surface area contributed by atoms with Crippen LogP contribution in [0.5, 0.6) is 0 Å². The Labute approximate surface area is 153 Å². The van der Waals surface area contributed by atoms with E-state index in [0.29, 0.717) is 32.3 Å². The maximum Gasteiger partial charge on any atom is 0.332 e. The van der Waals surface area contributed by atoms with E-state index in [1.54, 1.807) is 13.1 Å². The van der Waals surface area contributed by atoms with Gasteiger partial charge in [-0.25, -0.2) is 4.79 Å². The van der Waals surface area contributed by atoms with Crippen LogP contribution in [0.15, 0.2) is 48.7 Å². The topological polar surface area (TPSA) is 68.3 Å². The number of carbonyl (C=O) groups excluding carboxylic acids is 2. The average molecular weight is 352 g/mol. The zero-order valence-electron chi connectivity index (χ0n) is 15.0. The van der Waals surface area contributed by atoms with Gasteiger partial charge in [0.25, 0.3) is 0 Å². The van der Waals surface area contributed by atoms with Gasteiger partial charge >= 0.3 is 5.97 Å². The molecule has 1 aliphatic rings. The highest BCUT2D eigenvalue weighted by Gasteiger charge is 2.46. The Balaban J connectivity index is 1.63. The van der Waals surface area contributed by atoms with Gasteiger partial charge in [-0.15, -0.1) is 0 Å².